The molecule has 1 aliphatic heterocycles. The van der Waals surface area contributed by atoms with Crippen LogP contribution in [0.4, 0.5) is 8.78 Å². The summed E-state index contributed by atoms with van der Waals surface area (Å²) in [7, 11) is -3.24. The predicted molar refractivity (Wildman–Crippen MR) is 73.3 cm³/mol. The highest BCUT2D eigenvalue weighted by atomic mass is 32.2. The lowest BCUT2D eigenvalue weighted by Gasteiger charge is -2.30. The molecule has 0 aliphatic carbocycles. The van der Waals surface area contributed by atoms with E-state index in [1.54, 1.807) is 0 Å². The van der Waals surface area contributed by atoms with Crippen LogP contribution in [0, 0.1) is 11.6 Å². The minimum atomic E-state index is -3.24. The van der Waals surface area contributed by atoms with Gasteiger partial charge >= 0.3 is 0 Å². The van der Waals surface area contributed by atoms with Crippen molar-refractivity contribution >= 4 is 15.9 Å². The number of sulfonamides is 1. The van der Waals surface area contributed by atoms with Crippen LogP contribution in [0.1, 0.15) is 23.2 Å². The van der Waals surface area contributed by atoms with E-state index in [4.69, 9.17) is 0 Å². The fraction of sp³-hybridized carbons (Fsp3) is 0.462. The van der Waals surface area contributed by atoms with Crippen molar-refractivity contribution in [3.63, 3.8) is 0 Å². The van der Waals surface area contributed by atoms with Crippen molar-refractivity contribution < 1.29 is 22.0 Å². The first-order valence-corrected chi connectivity index (χ1v) is 8.34. The van der Waals surface area contributed by atoms with Gasteiger partial charge in [-0.1, -0.05) is 6.07 Å². The van der Waals surface area contributed by atoms with Gasteiger partial charge in [-0.05, 0) is 25.0 Å². The second kappa shape index (κ2) is 6.07. The fourth-order valence-electron chi connectivity index (χ4n) is 2.30. The Hall–Kier alpha value is -1.54. The molecule has 1 fully saturated rings. The van der Waals surface area contributed by atoms with Crippen LogP contribution in [0.25, 0.3) is 0 Å². The van der Waals surface area contributed by atoms with Gasteiger partial charge in [0.05, 0.1) is 6.26 Å². The minimum absolute atomic E-state index is 0.281. The van der Waals surface area contributed by atoms with Crippen molar-refractivity contribution in [1.29, 1.82) is 0 Å². The molecule has 1 aromatic rings. The molecule has 0 radical (unpaired) electrons. The SMILES string of the molecule is CS(=O)(=O)N1CCC(NC(=O)c2c(F)cccc2F)CC1. The lowest BCUT2D eigenvalue weighted by atomic mass is 10.1. The summed E-state index contributed by atoms with van der Waals surface area (Å²) >= 11 is 0. The molecule has 21 heavy (non-hydrogen) atoms. The van der Waals surface area contributed by atoms with Crippen LogP contribution in [0.2, 0.25) is 0 Å². The highest BCUT2D eigenvalue weighted by Crippen LogP contribution is 2.16. The largest absolute Gasteiger partial charge is 0.349 e. The maximum Gasteiger partial charge on any atom is 0.257 e. The van der Waals surface area contributed by atoms with Crippen molar-refractivity contribution in [3.8, 4) is 0 Å². The topological polar surface area (TPSA) is 66.5 Å². The van der Waals surface area contributed by atoms with Crippen molar-refractivity contribution in [2.45, 2.75) is 18.9 Å². The molecule has 2 rings (SSSR count). The van der Waals surface area contributed by atoms with Gasteiger partial charge in [-0.2, -0.15) is 0 Å². The number of amides is 1. The van der Waals surface area contributed by atoms with E-state index in [0.29, 0.717) is 12.8 Å². The number of carbonyl (C=O) groups is 1. The Morgan fingerprint density at radius 2 is 1.76 bits per heavy atom. The third-order valence-electron chi connectivity index (χ3n) is 3.45. The molecule has 0 unspecified atom stereocenters. The normalized spacial score (nSPS) is 17.7. The maximum absolute atomic E-state index is 13.5. The number of nitrogens with one attached hydrogen (secondary N) is 1. The summed E-state index contributed by atoms with van der Waals surface area (Å²) in [6.07, 6.45) is 1.95. The van der Waals surface area contributed by atoms with Crippen LogP contribution in [0.5, 0.6) is 0 Å². The number of hydrogen-bond donors (Lipinski definition) is 1. The molecule has 0 bridgehead atoms. The van der Waals surface area contributed by atoms with Gasteiger partial charge in [-0.3, -0.25) is 4.79 Å². The molecule has 1 heterocycles. The first-order valence-electron chi connectivity index (χ1n) is 6.49. The maximum atomic E-state index is 13.5. The number of hydrogen-bond acceptors (Lipinski definition) is 3. The van der Waals surface area contributed by atoms with E-state index in [1.165, 1.54) is 10.4 Å². The molecule has 1 aromatic carbocycles. The molecule has 1 aliphatic rings. The van der Waals surface area contributed by atoms with Crippen LogP contribution >= 0.6 is 0 Å². The molecule has 0 aromatic heterocycles. The molecule has 8 heteroatoms. The molecule has 0 atom stereocenters. The van der Waals surface area contributed by atoms with Gasteiger partial charge in [0.2, 0.25) is 10.0 Å². The predicted octanol–water partition coefficient (Wildman–Crippen LogP) is 1.12. The van der Waals surface area contributed by atoms with E-state index in [2.05, 4.69) is 5.32 Å². The molecule has 1 N–H and O–H groups in total. The Bertz CT molecular complexity index is 621. The third-order valence-corrected chi connectivity index (χ3v) is 4.75. The Labute approximate surface area is 122 Å². The minimum Gasteiger partial charge on any atom is -0.349 e. The summed E-state index contributed by atoms with van der Waals surface area (Å²) in [4.78, 5) is 11.9. The van der Waals surface area contributed by atoms with E-state index >= 15 is 0 Å². The molecule has 0 saturated carbocycles. The average Bonchev–Trinajstić information content (AvgIpc) is 2.38. The first-order chi connectivity index (χ1) is 9.79. The van der Waals surface area contributed by atoms with Gasteiger partial charge < -0.3 is 5.32 Å². The van der Waals surface area contributed by atoms with E-state index in [-0.39, 0.29) is 19.1 Å². The Morgan fingerprint density at radius 1 is 1.24 bits per heavy atom. The molecule has 116 valence electrons. The van der Waals surface area contributed by atoms with Gasteiger partial charge in [0.1, 0.15) is 17.2 Å². The highest BCUT2D eigenvalue weighted by Gasteiger charge is 2.27. The van der Waals surface area contributed by atoms with Crippen LogP contribution in [-0.4, -0.2) is 44.0 Å². The number of benzene rings is 1. The monoisotopic (exact) mass is 318 g/mol. The standard InChI is InChI=1S/C13H16F2N2O3S/c1-21(19,20)17-7-5-9(6-8-17)16-13(18)12-10(14)3-2-4-11(12)15/h2-4,9H,5-8H2,1H3,(H,16,18). The second-order valence-electron chi connectivity index (χ2n) is 5.01. The molecule has 1 saturated heterocycles. The number of piperidine rings is 1. The van der Waals surface area contributed by atoms with Crippen molar-refractivity contribution in [2.24, 2.45) is 0 Å². The molecular weight excluding hydrogens is 302 g/mol. The van der Waals surface area contributed by atoms with Crippen molar-refractivity contribution in [1.82, 2.24) is 9.62 Å². The van der Waals surface area contributed by atoms with E-state index < -0.39 is 33.1 Å². The first kappa shape index (κ1) is 15.8. The lowest BCUT2D eigenvalue weighted by Crippen LogP contribution is -2.46. The molecule has 5 nitrogen and oxygen atoms in total. The summed E-state index contributed by atoms with van der Waals surface area (Å²) in [6, 6.07) is 2.93. The number of nitrogens with zero attached hydrogens (tertiary/aromatic N) is 1. The molecule has 1 amide bonds. The highest BCUT2D eigenvalue weighted by molar-refractivity contribution is 7.88. The molecule has 0 spiro atoms. The summed E-state index contributed by atoms with van der Waals surface area (Å²) in [5.41, 5.74) is -0.608. The number of carbonyl (C=O) groups excluding carboxylic acids is 1. The number of halogens is 2. The summed E-state index contributed by atoms with van der Waals surface area (Å²) < 4.78 is 51.0. The van der Waals surface area contributed by atoms with Crippen LogP contribution in [0.15, 0.2) is 18.2 Å². The Kier molecular flexibility index (Phi) is 4.58. The van der Waals surface area contributed by atoms with E-state index in [0.717, 1.165) is 18.4 Å². The average molecular weight is 318 g/mol. The van der Waals surface area contributed by atoms with E-state index in [9.17, 15) is 22.0 Å². The van der Waals surface area contributed by atoms with Crippen LogP contribution < -0.4 is 5.32 Å². The summed E-state index contributed by atoms with van der Waals surface area (Å²) in [5, 5.41) is 2.55. The van der Waals surface area contributed by atoms with Gasteiger partial charge in [0, 0.05) is 19.1 Å². The summed E-state index contributed by atoms with van der Waals surface area (Å²) in [6.45, 7) is 0.563. The second-order valence-corrected chi connectivity index (χ2v) is 6.99. The van der Waals surface area contributed by atoms with Gasteiger partial charge in [-0.15, -0.1) is 0 Å². The van der Waals surface area contributed by atoms with Crippen molar-refractivity contribution in [2.75, 3.05) is 19.3 Å². The van der Waals surface area contributed by atoms with Crippen molar-refractivity contribution in [3.05, 3.63) is 35.4 Å². The Balaban J connectivity index is 1.99. The molecular formula is C13H16F2N2O3S. The zero-order chi connectivity index (χ0) is 15.6. The number of rotatable bonds is 3. The summed E-state index contributed by atoms with van der Waals surface area (Å²) in [5.74, 6) is -2.65. The lowest BCUT2D eigenvalue weighted by molar-refractivity contribution is 0.0915. The fourth-order valence-corrected chi connectivity index (χ4v) is 3.18. The van der Waals surface area contributed by atoms with Gasteiger partial charge in [0.25, 0.3) is 5.91 Å². The Morgan fingerprint density at radius 3 is 2.24 bits per heavy atom. The van der Waals surface area contributed by atoms with Gasteiger partial charge in [-0.25, -0.2) is 21.5 Å². The van der Waals surface area contributed by atoms with Crippen LogP contribution in [-0.2, 0) is 10.0 Å². The smallest absolute Gasteiger partial charge is 0.257 e. The quantitative estimate of drug-likeness (QED) is 0.908. The van der Waals surface area contributed by atoms with Crippen LogP contribution in [0.3, 0.4) is 0 Å². The zero-order valence-corrected chi connectivity index (χ0v) is 12.3. The third kappa shape index (κ3) is 3.76. The van der Waals surface area contributed by atoms with E-state index in [1.807, 2.05) is 0 Å². The van der Waals surface area contributed by atoms with Gasteiger partial charge in [0.15, 0.2) is 0 Å². The zero-order valence-electron chi connectivity index (χ0n) is 11.5.